The second kappa shape index (κ2) is 5.07. The van der Waals surface area contributed by atoms with Gasteiger partial charge in [0.1, 0.15) is 11.4 Å². The molecule has 0 amide bonds. The summed E-state index contributed by atoms with van der Waals surface area (Å²) in [7, 11) is 1.83. The highest BCUT2D eigenvalue weighted by molar-refractivity contribution is 8.00. The van der Waals surface area contributed by atoms with E-state index in [0.29, 0.717) is 5.25 Å². The largest absolute Gasteiger partial charge is 0.302 e. The van der Waals surface area contributed by atoms with Crippen LogP contribution in [-0.2, 0) is 0 Å². The molecule has 4 heteroatoms. The topological polar surface area (TPSA) is 35.8 Å². The quantitative estimate of drug-likeness (QED) is 0.896. The molecular weight excluding hydrogens is 235 g/mol. The average molecular weight is 250 g/mol. The van der Waals surface area contributed by atoms with Gasteiger partial charge in [0.25, 0.3) is 0 Å². The molecule has 0 bridgehead atoms. The van der Waals surface area contributed by atoms with Gasteiger partial charge in [-0.2, -0.15) is 5.26 Å². The summed E-state index contributed by atoms with van der Waals surface area (Å²) in [5.74, 6) is -0.201. The predicted octanol–water partition coefficient (Wildman–Crippen LogP) is 2.95. The van der Waals surface area contributed by atoms with E-state index >= 15 is 0 Å². The molecule has 0 heterocycles. The Balaban J connectivity index is 2.01. The lowest BCUT2D eigenvalue weighted by atomic mass is 10.0. The Morgan fingerprint density at radius 3 is 3.00 bits per heavy atom. The molecule has 2 nitrogen and oxygen atoms in total. The zero-order valence-corrected chi connectivity index (χ0v) is 10.6. The molecule has 1 saturated carbocycles. The number of benzene rings is 1. The number of rotatable bonds is 3. The molecule has 2 atom stereocenters. The first-order valence-corrected chi connectivity index (χ1v) is 6.58. The number of thioether (sulfide) groups is 1. The molecule has 1 aromatic carbocycles. The van der Waals surface area contributed by atoms with Crippen LogP contribution in [-0.4, -0.2) is 17.8 Å². The summed E-state index contributed by atoms with van der Waals surface area (Å²) in [5.41, 5.74) is -0.384. The molecule has 90 valence electrons. The van der Waals surface area contributed by atoms with Crippen molar-refractivity contribution >= 4 is 11.8 Å². The van der Waals surface area contributed by atoms with Gasteiger partial charge in [0.15, 0.2) is 0 Å². The van der Waals surface area contributed by atoms with Crippen molar-refractivity contribution in [2.45, 2.75) is 34.9 Å². The van der Waals surface area contributed by atoms with Gasteiger partial charge in [0.2, 0.25) is 0 Å². The highest BCUT2D eigenvalue weighted by Gasteiger charge is 2.38. The maximum absolute atomic E-state index is 13.0. The molecule has 1 fully saturated rings. The number of hydrogen-bond acceptors (Lipinski definition) is 3. The molecule has 17 heavy (non-hydrogen) atoms. The minimum Gasteiger partial charge on any atom is -0.302 e. The van der Waals surface area contributed by atoms with Crippen molar-refractivity contribution in [1.82, 2.24) is 5.32 Å². The highest BCUT2D eigenvalue weighted by Crippen LogP contribution is 2.39. The van der Waals surface area contributed by atoms with Crippen LogP contribution < -0.4 is 5.32 Å². The van der Waals surface area contributed by atoms with Crippen molar-refractivity contribution in [3.05, 3.63) is 30.1 Å². The number of nitrogens with one attached hydrogen (secondary N) is 1. The van der Waals surface area contributed by atoms with Crippen LogP contribution in [0.4, 0.5) is 4.39 Å². The summed E-state index contributed by atoms with van der Waals surface area (Å²) in [6, 6.07) is 9.00. The molecule has 0 spiro atoms. The first kappa shape index (κ1) is 12.4. The normalized spacial score (nSPS) is 27.9. The van der Waals surface area contributed by atoms with E-state index in [0.717, 1.165) is 24.2 Å². The summed E-state index contributed by atoms with van der Waals surface area (Å²) in [6.07, 6.45) is 2.68. The van der Waals surface area contributed by atoms with E-state index in [1.165, 1.54) is 6.07 Å². The first-order valence-electron chi connectivity index (χ1n) is 5.70. The smallest absolute Gasteiger partial charge is 0.124 e. The van der Waals surface area contributed by atoms with Crippen LogP contribution in [0.5, 0.6) is 0 Å². The van der Waals surface area contributed by atoms with Gasteiger partial charge in [-0.3, -0.25) is 0 Å². The summed E-state index contributed by atoms with van der Waals surface area (Å²) in [6.45, 7) is 0. The maximum atomic E-state index is 13.0. The number of hydrogen-bond donors (Lipinski definition) is 1. The zero-order chi connectivity index (χ0) is 12.3. The van der Waals surface area contributed by atoms with Crippen molar-refractivity contribution in [1.29, 1.82) is 5.26 Å². The third-order valence-corrected chi connectivity index (χ3v) is 4.52. The molecule has 0 saturated heterocycles. The van der Waals surface area contributed by atoms with Crippen molar-refractivity contribution in [2.75, 3.05) is 7.05 Å². The van der Waals surface area contributed by atoms with E-state index < -0.39 is 0 Å². The van der Waals surface area contributed by atoms with E-state index in [4.69, 9.17) is 5.26 Å². The van der Waals surface area contributed by atoms with E-state index in [1.54, 1.807) is 23.9 Å². The van der Waals surface area contributed by atoms with Crippen LogP contribution in [0.3, 0.4) is 0 Å². The third-order valence-electron chi connectivity index (χ3n) is 3.26. The first-order chi connectivity index (χ1) is 8.17. The Kier molecular flexibility index (Phi) is 3.70. The molecule has 1 aliphatic rings. The van der Waals surface area contributed by atoms with Gasteiger partial charge in [-0.15, -0.1) is 11.8 Å². The maximum Gasteiger partial charge on any atom is 0.124 e. The Bertz CT molecular complexity index is 443. The van der Waals surface area contributed by atoms with Crippen molar-refractivity contribution in [3.8, 4) is 6.07 Å². The Labute approximate surface area is 105 Å². The van der Waals surface area contributed by atoms with Crippen molar-refractivity contribution in [2.24, 2.45) is 0 Å². The predicted molar refractivity (Wildman–Crippen MR) is 67.3 cm³/mol. The van der Waals surface area contributed by atoms with Crippen molar-refractivity contribution < 1.29 is 4.39 Å². The molecule has 2 unspecified atom stereocenters. The summed E-state index contributed by atoms with van der Waals surface area (Å²) < 4.78 is 13.0. The van der Waals surface area contributed by atoms with E-state index in [2.05, 4.69) is 11.4 Å². The van der Waals surface area contributed by atoms with Crippen LogP contribution in [0.1, 0.15) is 19.3 Å². The lowest BCUT2D eigenvalue weighted by Crippen LogP contribution is -2.38. The minimum atomic E-state index is -0.384. The molecule has 0 aliphatic heterocycles. The van der Waals surface area contributed by atoms with E-state index in [-0.39, 0.29) is 11.4 Å². The number of halogens is 1. The standard InChI is InChI=1S/C13H15FN2S/c1-16-13(9-15)6-5-12(8-13)17-11-4-2-3-10(14)7-11/h2-4,7,12,16H,5-6,8H2,1H3. The molecule has 0 radical (unpaired) electrons. The fourth-order valence-electron chi connectivity index (χ4n) is 2.22. The van der Waals surface area contributed by atoms with Crippen molar-refractivity contribution in [3.63, 3.8) is 0 Å². The van der Waals surface area contributed by atoms with E-state index in [1.807, 2.05) is 13.1 Å². The molecule has 0 aromatic heterocycles. The van der Waals surface area contributed by atoms with Gasteiger partial charge in [-0.25, -0.2) is 4.39 Å². The number of nitriles is 1. The Morgan fingerprint density at radius 2 is 2.41 bits per heavy atom. The highest BCUT2D eigenvalue weighted by atomic mass is 32.2. The second-order valence-corrected chi connectivity index (χ2v) is 5.76. The third kappa shape index (κ3) is 2.80. The van der Waals surface area contributed by atoms with Gasteiger partial charge in [-0.05, 0) is 44.5 Å². The van der Waals surface area contributed by atoms with Gasteiger partial charge in [0, 0.05) is 10.1 Å². The van der Waals surface area contributed by atoms with Gasteiger partial charge in [-0.1, -0.05) is 6.07 Å². The molecule has 1 aromatic rings. The fourth-order valence-corrected chi connectivity index (χ4v) is 3.54. The Hall–Kier alpha value is -1.05. The molecule has 1 N–H and O–H groups in total. The average Bonchev–Trinajstić information content (AvgIpc) is 2.73. The zero-order valence-electron chi connectivity index (χ0n) is 9.74. The summed E-state index contributed by atoms with van der Waals surface area (Å²) >= 11 is 1.67. The van der Waals surface area contributed by atoms with Crippen LogP contribution in [0.25, 0.3) is 0 Å². The molecular formula is C13H15FN2S. The Morgan fingerprint density at radius 1 is 1.59 bits per heavy atom. The summed E-state index contributed by atoms with van der Waals surface area (Å²) in [4.78, 5) is 0.944. The van der Waals surface area contributed by atoms with Gasteiger partial charge < -0.3 is 5.32 Å². The molecule has 1 aliphatic carbocycles. The van der Waals surface area contributed by atoms with Crippen LogP contribution in [0.15, 0.2) is 29.2 Å². The molecule has 2 rings (SSSR count). The lowest BCUT2D eigenvalue weighted by Gasteiger charge is -2.19. The lowest BCUT2D eigenvalue weighted by molar-refractivity contribution is 0.464. The SMILES string of the molecule is CNC1(C#N)CCC(Sc2cccc(F)c2)C1. The monoisotopic (exact) mass is 250 g/mol. The van der Waals surface area contributed by atoms with Crippen LogP contribution >= 0.6 is 11.8 Å². The second-order valence-electron chi connectivity index (χ2n) is 4.38. The van der Waals surface area contributed by atoms with Gasteiger partial charge >= 0.3 is 0 Å². The number of nitrogens with zero attached hydrogens (tertiary/aromatic N) is 1. The van der Waals surface area contributed by atoms with Gasteiger partial charge in [0.05, 0.1) is 6.07 Å². The van der Waals surface area contributed by atoms with E-state index in [9.17, 15) is 4.39 Å². The van der Waals surface area contributed by atoms with Crippen LogP contribution in [0.2, 0.25) is 0 Å². The minimum absolute atomic E-state index is 0.201. The van der Waals surface area contributed by atoms with Crippen LogP contribution in [0, 0.1) is 17.1 Å². The fraction of sp³-hybridized carbons (Fsp3) is 0.462. The summed E-state index contributed by atoms with van der Waals surface area (Å²) in [5, 5.41) is 12.7.